The second-order valence-electron chi connectivity index (χ2n) is 5.11. The van der Waals surface area contributed by atoms with Gasteiger partial charge in [0.25, 0.3) is 0 Å². The van der Waals surface area contributed by atoms with E-state index < -0.39 is 6.09 Å². The molecule has 1 aromatic heterocycles. The van der Waals surface area contributed by atoms with Gasteiger partial charge in [0.2, 0.25) is 0 Å². The molecule has 0 fully saturated rings. The Morgan fingerprint density at radius 2 is 2.05 bits per heavy atom. The van der Waals surface area contributed by atoms with Crippen molar-refractivity contribution < 1.29 is 14.3 Å². The molecule has 1 heterocycles. The Hall–Kier alpha value is -2.08. The normalized spacial score (nSPS) is 13.3. The maximum atomic E-state index is 11.1. The fraction of sp³-hybridized carbons (Fsp3) is 0.375. The van der Waals surface area contributed by atoms with Gasteiger partial charge < -0.3 is 9.47 Å². The summed E-state index contributed by atoms with van der Waals surface area (Å²) in [6.07, 6.45) is 4.28. The Labute approximate surface area is 133 Å². The number of nitrogens with one attached hydrogen (secondary N) is 1. The maximum absolute atomic E-state index is 11.1. The van der Waals surface area contributed by atoms with Crippen LogP contribution in [0, 0.1) is 0 Å². The lowest BCUT2D eigenvalue weighted by Gasteiger charge is -2.06. The van der Waals surface area contributed by atoms with Crippen LogP contribution in [0.5, 0.6) is 5.75 Å². The number of carbonyl (C=O) groups is 1. The Morgan fingerprint density at radius 3 is 2.77 bits per heavy atom. The lowest BCUT2D eigenvalue weighted by molar-refractivity contribution is 0.187. The predicted octanol–water partition coefficient (Wildman–Crippen LogP) is 3.78. The molecule has 0 saturated carbocycles. The first-order valence-electron chi connectivity index (χ1n) is 7.30. The number of ether oxygens (including phenoxy) is 2. The first-order chi connectivity index (χ1) is 10.7. The second-order valence-corrected chi connectivity index (χ2v) is 6.28. The number of methoxy groups -OCH3 is 1. The minimum Gasteiger partial charge on any atom is -0.486 e. The van der Waals surface area contributed by atoms with Gasteiger partial charge in [-0.3, -0.25) is 5.32 Å². The van der Waals surface area contributed by atoms with E-state index in [4.69, 9.17) is 4.74 Å². The summed E-state index contributed by atoms with van der Waals surface area (Å²) < 4.78 is 10.3. The maximum Gasteiger partial charge on any atom is 0.411 e. The summed E-state index contributed by atoms with van der Waals surface area (Å²) in [6, 6.07) is 7.19. The SMILES string of the molecule is COC(=O)Nc1ccc(OCc2nc3c(s2)CCCC3)cc1. The Kier molecular flexibility index (Phi) is 4.58. The van der Waals surface area contributed by atoms with Gasteiger partial charge >= 0.3 is 6.09 Å². The van der Waals surface area contributed by atoms with Gasteiger partial charge in [0.1, 0.15) is 17.4 Å². The molecule has 0 bridgehead atoms. The molecule has 6 heteroatoms. The molecular formula is C16H18N2O3S. The van der Waals surface area contributed by atoms with E-state index in [2.05, 4.69) is 15.0 Å². The quantitative estimate of drug-likeness (QED) is 0.932. The number of fused-ring (bicyclic) bond motifs is 1. The molecule has 0 saturated heterocycles. The molecule has 1 aliphatic rings. The average Bonchev–Trinajstić information content (AvgIpc) is 2.97. The van der Waals surface area contributed by atoms with Gasteiger partial charge in [0.15, 0.2) is 0 Å². The van der Waals surface area contributed by atoms with E-state index in [1.54, 1.807) is 23.5 Å². The molecule has 3 rings (SSSR count). The molecule has 1 aromatic carbocycles. The minimum absolute atomic E-state index is 0.484. The van der Waals surface area contributed by atoms with Crippen LogP contribution in [0.1, 0.15) is 28.4 Å². The fourth-order valence-corrected chi connectivity index (χ4v) is 3.49. The molecule has 0 spiro atoms. The third kappa shape index (κ3) is 3.57. The smallest absolute Gasteiger partial charge is 0.411 e. The van der Waals surface area contributed by atoms with Crippen LogP contribution in [0.3, 0.4) is 0 Å². The van der Waals surface area contributed by atoms with Gasteiger partial charge in [0, 0.05) is 10.6 Å². The summed E-state index contributed by atoms with van der Waals surface area (Å²) in [4.78, 5) is 17.2. The van der Waals surface area contributed by atoms with E-state index in [9.17, 15) is 4.79 Å². The number of nitrogens with zero attached hydrogens (tertiary/aromatic N) is 1. The van der Waals surface area contributed by atoms with Gasteiger partial charge in [-0.1, -0.05) is 0 Å². The van der Waals surface area contributed by atoms with Crippen molar-refractivity contribution in [3.05, 3.63) is 39.8 Å². The summed E-state index contributed by atoms with van der Waals surface area (Å²) in [5.74, 6) is 0.753. The molecule has 1 amide bonds. The average molecular weight is 318 g/mol. The van der Waals surface area contributed by atoms with Crippen molar-refractivity contribution in [2.24, 2.45) is 0 Å². The third-order valence-corrected chi connectivity index (χ3v) is 4.67. The van der Waals surface area contributed by atoms with Crippen molar-refractivity contribution >= 4 is 23.1 Å². The number of hydrogen-bond acceptors (Lipinski definition) is 5. The van der Waals surface area contributed by atoms with Crippen LogP contribution >= 0.6 is 11.3 Å². The Balaban J connectivity index is 1.57. The van der Waals surface area contributed by atoms with Crippen LogP contribution in [0.15, 0.2) is 24.3 Å². The minimum atomic E-state index is -0.484. The highest BCUT2D eigenvalue weighted by atomic mass is 32.1. The molecule has 22 heavy (non-hydrogen) atoms. The van der Waals surface area contributed by atoms with Gasteiger partial charge in [0.05, 0.1) is 12.8 Å². The zero-order valence-electron chi connectivity index (χ0n) is 12.4. The topological polar surface area (TPSA) is 60.5 Å². The van der Waals surface area contributed by atoms with Crippen molar-refractivity contribution in [3.8, 4) is 5.75 Å². The monoisotopic (exact) mass is 318 g/mol. The lowest BCUT2D eigenvalue weighted by Crippen LogP contribution is -2.10. The number of aromatic nitrogens is 1. The number of anilines is 1. The van der Waals surface area contributed by atoms with E-state index in [-0.39, 0.29) is 0 Å². The van der Waals surface area contributed by atoms with Crippen LogP contribution in [0.25, 0.3) is 0 Å². The summed E-state index contributed by atoms with van der Waals surface area (Å²) in [5, 5.41) is 3.63. The third-order valence-electron chi connectivity index (χ3n) is 3.54. The molecule has 0 unspecified atom stereocenters. The van der Waals surface area contributed by atoms with Crippen molar-refractivity contribution in [2.75, 3.05) is 12.4 Å². The Morgan fingerprint density at radius 1 is 1.27 bits per heavy atom. The first kappa shape index (κ1) is 14.8. The van der Waals surface area contributed by atoms with E-state index in [1.807, 2.05) is 12.1 Å². The van der Waals surface area contributed by atoms with Crippen LogP contribution in [-0.2, 0) is 24.2 Å². The number of carbonyl (C=O) groups excluding carboxylic acids is 1. The highest BCUT2D eigenvalue weighted by molar-refractivity contribution is 7.11. The molecular weight excluding hydrogens is 300 g/mol. The number of hydrogen-bond donors (Lipinski definition) is 1. The van der Waals surface area contributed by atoms with E-state index in [0.29, 0.717) is 12.3 Å². The van der Waals surface area contributed by atoms with E-state index in [0.717, 1.165) is 23.6 Å². The molecule has 0 radical (unpaired) electrons. The fourth-order valence-electron chi connectivity index (χ4n) is 2.42. The van der Waals surface area contributed by atoms with Gasteiger partial charge in [-0.05, 0) is 49.9 Å². The van der Waals surface area contributed by atoms with Crippen molar-refractivity contribution in [2.45, 2.75) is 32.3 Å². The molecule has 5 nitrogen and oxygen atoms in total. The van der Waals surface area contributed by atoms with E-state index >= 15 is 0 Å². The number of rotatable bonds is 4. The summed E-state index contributed by atoms with van der Waals surface area (Å²) >= 11 is 1.76. The van der Waals surface area contributed by atoms with Crippen LogP contribution < -0.4 is 10.1 Å². The first-order valence-corrected chi connectivity index (χ1v) is 8.11. The van der Waals surface area contributed by atoms with E-state index in [1.165, 1.54) is 30.5 Å². The summed E-state index contributed by atoms with van der Waals surface area (Å²) in [5.41, 5.74) is 1.93. The number of aryl methyl sites for hydroxylation is 2. The largest absolute Gasteiger partial charge is 0.486 e. The molecule has 1 aliphatic carbocycles. The molecule has 116 valence electrons. The highest BCUT2D eigenvalue weighted by Gasteiger charge is 2.15. The molecule has 0 aliphatic heterocycles. The van der Waals surface area contributed by atoms with Crippen LogP contribution in [-0.4, -0.2) is 18.2 Å². The summed E-state index contributed by atoms with van der Waals surface area (Å²) in [7, 11) is 1.33. The number of benzene rings is 1. The zero-order valence-corrected chi connectivity index (χ0v) is 13.2. The van der Waals surface area contributed by atoms with Crippen molar-refractivity contribution in [1.29, 1.82) is 0 Å². The molecule has 2 aromatic rings. The highest BCUT2D eigenvalue weighted by Crippen LogP contribution is 2.27. The predicted molar refractivity (Wildman–Crippen MR) is 85.6 cm³/mol. The molecule has 1 N–H and O–H groups in total. The second kappa shape index (κ2) is 6.79. The van der Waals surface area contributed by atoms with Crippen LogP contribution in [0.4, 0.5) is 10.5 Å². The van der Waals surface area contributed by atoms with Crippen molar-refractivity contribution in [3.63, 3.8) is 0 Å². The van der Waals surface area contributed by atoms with Crippen molar-refractivity contribution in [1.82, 2.24) is 4.98 Å². The standard InChI is InChI=1S/C16H18N2O3S/c1-20-16(19)17-11-6-8-12(9-7-11)21-10-15-18-13-4-2-3-5-14(13)22-15/h6-9H,2-5,10H2,1H3,(H,17,19). The summed E-state index contributed by atoms with van der Waals surface area (Å²) in [6.45, 7) is 0.488. The number of thiazole rings is 1. The zero-order chi connectivity index (χ0) is 15.4. The molecule has 0 atom stereocenters. The van der Waals surface area contributed by atoms with Gasteiger partial charge in [-0.15, -0.1) is 11.3 Å². The number of amides is 1. The van der Waals surface area contributed by atoms with Gasteiger partial charge in [-0.2, -0.15) is 0 Å². The van der Waals surface area contributed by atoms with Gasteiger partial charge in [-0.25, -0.2) is 9.78 Å². The Bertz CT molecular complexity index is 628. The lowest BCUT2D eigenvalue weighted by atomic mass is 10.0. The van der Waals surface area contributed by atoms with Crippen LogP contribution in [0.2, 0.25) is 0 Å².